The van der Waals surface area contributed by atoms with Crippen molar-refractivity contribution in [2.24, 2.45) is 0 Å². The molecule has 13 heteroatoms. The Morgan fingerprint density at radius 2 is 1.87 bits per heavy atom. The van der Waals surface area contributed by atoms with Crippen molar-refractivity contribution in [1.29, 1.82) is 0 Å². The summed E-state index contributed by atoms with van der Waals surface area (Å²) < 4.78 is 55.4. The molecule has 0 aromatic rings. The van der Waals surface area contributed by atoms with Crippen LogP contribution < -0.4 is 5.32 Å². The van der Waals surface area contributed by atoms with Gasteiger partial charge in [0.05, 0.1) is 24.2 Å². The summed E-state index contributed by atoms with van der Waals surface area (Å²) in [6.07, 6.45) is -6.84. The van der Waals surface area contributed by atoms with Crippen molar-refractivity contribution in [2.45, 2.75) is 50.4 Å². The van der Waals surface area contributed by atoms with E-state index in [9.17, 15) is 27.9 Å². The number of nitrogens with one attached hydrogen (secondary N) is 1. The molecular weight excluding hydrogens is 431 g/mol. The predicted octanol–water partition coefficient (Wildman–Crippen LogP) is 0.134. The lowest BCUT2D eigenvalue weighted by Gasteiger charge is -2.29. The quantitative estimate of drug-likeness (QED) is 0.413. The van der Waals surface area contributed by atoms with Crippen LogP contribution in [0.5, 0.6) is 0 Å². The summed E-state index contributed by atoms with van der Waals surface area (Å²) in [5, 5.41) is 11.9. The van der Waals surface area contributed by atoms with Gasteiger partial charge in [-0.1, -0.05) is 12.2 Å². The number of alkyl halides is 3. The number of rotatable bonds is 7. The number of halogens is 3. The minimum atomic E-state index is -5.08. The van der Waals surface area contributed by atoms with Crippen LogP contribution in [0.4, 0.5) is 13.2 Å². The van der Waals surface area contributed by atoms with Gasteiger partial charge in [-0.3, -0.25) is 9.59 Å². The Kier molecular flexibility index (Phi) is 7.45. The van der Waals surface area contributed by atoms with Crippen molar-refractivity contribution in [3.8, 4) is 0 Å². The molecule has 4 atom stereocenters. The fourth-order valence-electron chi connectivity index (χ4n) is 3.27. The van der Waals surface area contributed by atoms with Crippen molar-refractivity contribution in [2.75, 3.05) is 27.2 Å². The number of hydrogen-bond acceptors (Lipinski definition) is 7. The van der Waals surface area contributed by atoms with Crippen LogP contribution in [0.15, 0.2) is 11.8 Å². The third-order valence-corrected chi connectivity index (χ3v) is 4.78. The van der Waals surface area contributed by atoms with Crippen molar-refractivity contribution >= 4 is 29.5 Å². The molecule has 2 rings (SSSR count). The Hall–Kier alpha value is -1.80. The van der Waals surface area contributed by atoms with E-state index in [4.69, 9.17) is 26.4 Å². The monoisotopic (exact) mass is 455 g/mol. The highest BCUT2D eigenvalue weighted by molar-refractivity contribution is 7.78. The molecule has 0 aliphatic carbocycles. The molecule has 0 aromatic heterocycles. The summed E-state index contributed by atoms with van der Waals surface area (Å²) in [5.41, 5.74) is 0.953. The normalized spacial score (nSPS) is 28.1. The van der Waals surface area contributed by atoms with E-state index in [1.165, 1.54) is 18.1 Å². The summed E-state index contributed by atoms with van der Waals surface area (Å²) in [5.74, 6) is -3.77. The van der Waals surface area contributed by atoms with Crippen LogP contribution in [0.3, 0.4) is 0 Å². The number of ether oxygens (including phenoxy) is 3. The van der Waals surface area contributed by atoms with E-state index in [0.717, 1.165) is 12.5 Å². The molecule has 2 fully saturated rings. The maximum absolute atomic E-state index is 12.7. The van der Waals surface area contributed by atoms with Crippen molar-refractivity contribution in [3.63, 3.8) is 0 Å². The average molecular weight is 455 g/mol. The van der Waals surface area contributed by atoms with Crippen LogP contribution >= 0.6 is 12.2 Å². The number of amides is 2. The molecule has 2 N–H and O–H groups in total. The third-order valence-electron chi connectivity index (χ3n) is 4.54. The Bertz CT molecular complexity index is 717. The van der Waals surface area contributed by atoms with Gasteiger partial charge in [-0.25, -0.2) is 0 Å². The smallest absolute Gasteiger partial charge is 0.394 e. The number of thiocarbonyl (C=S) groups is 1. The van der Waals surface area contributed by atoms with E-state index in [2.05, 4.69) is 5.32 Å². The Morgan fingerprint density at radius 3 is 2.37 bits per heavy atom. The molecule has 2 saturated heterocycles. The second-order valence-corrected chi connectivity index (χ2v) is 7.47. The van der Waals surface area contributed by atoms with Crippen LogP contribution in [0.2, 0.25) is 0 Å². The number of nitrogens with zero attached hydrogens (tertiary/aromatic N) is 2. The Balaban J connectivity index is 2.30. The van der Waals surface area contributed by atoms with E-state index >= 15 is 0 Å². The van der Waals surface area contributed by atoms with Gasteiger partial charge in [0.25, 0.3) is 0 Å². The molecule has 30 heavy (non-hydrogen) atoms. The number of carbonyl (C=O) groups is 2. The first-order valence-corrected chi connectivity index (χ1v) is 9.41. The van der Waals surface area contributed by atoms with Gasteiger partial charge in [-0.15, -0.1) is 0 Å². The molecule has 0 bridgehead atoms. The van der Waals surface area contributed by atoms with Crippen LogP contribution in [-0.2, 0) is 23.8 Å². The second kappa shape index (κ2) is 9.14. The first kappa shape index (κ1) is 24.5. The van der Waals surface area contributed by atoms with Gasteiger partial charge >= 0.3 is 12.1 Å². The van der Waals surface area contributed by atoms with Gasteiger partial charge in [0.2, 0.25) is 5.91 Å². The van der Waals surface area contributed by atoms with Crippen LogP contribution in [0.25, 0.3) is 0 Å². The molecule has 0 spiro atoms. The lowest BCUT2D eigenvalue weighted by molar-refractivity contribution is -0.199. The molecule has 4 unspecified atom stereocenters. The minimum Gasteiger partial charge on any atom is -0.394 e. The van der Waals surface area contributed by atoms with Crippen molar-refractivity contribution in [3.05, 3.63) is 11.8 Å². The summed E-state index contributed by atoms with van der Waals surface area (Å²) in [6, 6.07) is 0. The molecule has 2 amide bonds. The number of fused-ring (bicyclic) bond motifs is 1. The topological polar surface area (TPSA) is 101 Å². The number of carbonyl (C=O) groups excluding carboxylic acids is 2. The first-order valence-electron chi connectivity index (χ1n) is 8.94. The molecule has 170 valence electrons. The van der Waals surface area contributed by atoms with Crippen molar-refractivity contribution in [1.82, 2.24) is 15.1 Å². The summed E-state index contributed by atoms with van der Waals surface area (Å²) in [4.78, 5) is 25.3. The molecule has 0 aromatic carbocycles. The summed E-state index contributed by atoms with van der Waals surface area (Å²) >= 11 is 4.99. The molecule has 2 aliphatic heterocycles. The number of likely N-dealkylation sites (N-methyl/N-ethyl adjacent to an activating group) is 2. The van der Waals surface area contributed by atoms with E-state index in [1.807, 2.05) is 0 Å². The van der Waals surface area contributed by atoms with Crippen LogP contribution in [0.1, 0.15) is 13.8 Å². The lowest BCUT2D eigenvalue weighted by atomic mass is 10.1. The fourth-order valence-corrected chi connectivity index (χ4v) is 3.45. The Labute approximate surface area is 176 Å². The Morgan fingerprint density at radius 1 is 1.27 bits per heavy atom. The van der Waals surface area contributed by atoms with Gasteiger partial charge in [0.15, 0.2) is 12.0 Å². The average Bonchev–Trinajstić information content (AvgIpc) is 3.15. The van der Waals surface area contributed by atoms with Gasteiger partial charge in [0.1, 0.15) is 18.3 Å². The van der Waals surface area contributed by atoms with E-state index < -0.39 is 54.9 Å². The van der Waals surface area contributed by atoms with Gasteiger partial charge in [0, 0.05) is 20.3 Å². The zero-order valence-corrected chi connectivity index (χ0v) is 17.6. The first-order chi connectivity index (χ1) is 13.8. The largest absolute Gasteiger partial charge is 0.471 e. The number of aliphatic hydroxyl groups excluding tert-OH is 1. The molecule has 2 heterocycles. The molecule has 9 nitrogen and oxygen atoms in total. The summed E-state index contributed by atoms with van der Waals surface area (Å²) in [7, 11) is 2.22. The predicted molar refractivity (Wildman–Crippen MR) is 101 cm³/mol. The van der Waals surface area contributed by atoms with E-state index in [1.54, 1.807) is 13.8 Å². The van der Waals surface area contributed by atoms with Gasteiger partial charge in [-0.05, 0) is 13.8 Å². The van der Waals surface area contributed by atoms with Crippen molar-refractivity contribution < 1.29 is 42.1 Å². The lowest BCUT2D eigenvalue weighted by Crippen LogP contribution is -2.43. The molecule has 0 radical (unpaired) electrons. The van der Waals surface area contributed by atoms with Gasteiger partial charge < -0.3 is 34.4 Å². The molecule has 2 aliphatic rings. The number of hydrogen-bond donors (Lipinski definition) is 2. The second-order valence-electron chi connectivity index (χ2n) is 7.26. The van der Waals surface area contributed by atoms with E-state index in [-0.39, 0.29) is 12.2 Å². The number of aliphatic hydroxyl groups is 1. The highest BCUT2D eigenvalue weighted by atomic mass is 32.1. The fraction of sp³-hybridized carbons (Fsp3) is 0.706. The molecule has 0 saturated carbocycles. The molecular formula is C17H24F3N3O6S. The zero-order valence-electron chi connectivity index (χ0n) is 16.8. The highest BCUT2D eigenvalue weighted by Crippen LogP contribution is 2.39. The van der Waals surface area contributed by atoms with E-state index in [0.29, 0.717) is 4.90 Å². The zero-order chi connectivity index (χ0) is 22.9. The van der Waals surface area contributed by atoms with Crippen LogP contribution in [-0.4, -0.2) is 96.0 Å². The third kappa shape index (κ3) is 5.27. The minimum absolute atomic E-state index is 0.176. The highest BCUT2D eigenvalue weighted by Gasteiger charge is 2.56. The summed E-state index contributed by atoms with van der Waals surface area (Å²) in [6.45, 7) is 2.37. The standard InChI is InChI=1S/C17H24F3N3O6S/c1-16(2)28-11-10(7-24)27-14(12(11)29-16)23(8-30)6-9(13(25)21-3)5-22(4)15(26)17(18,19)20/h6,8,10-12,14,24H,5,7H2,1-4H3,(H,21,25)/b9-6-. The maximum Gasteiger partial charge on any atom is 0.471 e. The SMILES string of the molecule is CNC(=O)/C(=C\N(C=S)C1OC(CO)C2OC(C)(C)OC21)CN(C)C(=O)C(F)(F)F. The maximum atomic E-state index is 12.7. The van der Waals surface area contributed by atoms with Crippen LogP contribution in [0, 0.1) is 0 Å². The van der Waals surface area contributed by atoms with Gasteiger partial charge in [-0.2, -0.15) is 13.2 Å².